The minimum atomic E-state index is -0.166. The summed E-state index contributed by atoms with van der Waals surface area (Å²) in [6.07, 6.45) is 3.35. The second-order valence-electron chi connectivity index (χ2n) is 9.41. The molecule has 0 aliphatic carbocycles. The molecule has 0 bridgehead atoms. The molecule has 1 aromatic heterocycles. The molecule has 3 heterocycles. The van der Waals surface area contributed by atoms with Crippen molar-refractivity contribution in [3.8, 4) is 0 Å². The number of ketones is 1. The van der Waals surface area contributed by atoms with Gasteiger partial charge in [0.1, 0.15) is 6.10 Å². The van der Waals surface area contributed by atoms with Crippen LogP contribution in [0.4, 0.5) is 0 Å². The monoisotopic (exact) mass is 549 g/mol. The van der Waals surface area contributed by atoms with Crippen LogP contribution in [0, 0.1) is 5.92 Å². The van der Waals surface area contributed by atoms with Gasteiger partial charge < -0.3 is 19.1 Å². The Bertz CT molecular complexity index is 1310. The summed E-state index contributed by atoms with van der Waals surface area (Å²) in [5.41, 5.74) is 2.48. The Morgan fingerprint density at radius 3 is 2.58 bits per heavy atom. The first kappa shape index (κ1) is 24.5. The number of likely N-dealkylation sites (tertiary alicyclic amines) is 1. The molecule has 2 aliphatic heterocycles. The zero-order valence-corrected chi connectivity index (χ0v) is 21.5. The Morgan fingerprint density at radius 2 is 1.83 bits per heavy atom. The van der Waals surface area contributed by atoms with Gasteiger partial charge in [0.2, 0.25) is 5.91 Å². The van der Waals surface area contributed by atoms with E-state index in [-0.39, 0.29) is 36.2 Å². The van der Waals surface area contributed by atoms with Gasteiger partial charge in [0.05, 0.1) is 25.3 Å². The van der Waals surface area contributed by atoms with Gasteiger partial charge >= 0.3 is 0 Å². The summed E-state index contributed by atoms with van der Waals surface area (Å²) in [7, 11) is 0. The van der Waals surface area contributed by atoms with Gasteiger partial charge in [-0.15, -0.1) is 0 Å². The van der Waals surface area contributed by atoms with Crippen LogP contribution in [-0.4, -0.2) is 64.8 Å². The molecule has 1 atom stereocenters. The van der Waals surface area contributed by atoms with Gasteiger partial charge in [-0.1, -0.05) is 52.8 Å². The molecule has 2 aliphatic rings. The molecule has 7 nitrogen and oxygen atoms in total. The number of carbonyl (C=O) groups excluding carboxylic acids is 3. The molecule has 2 fully saturated rings. The van der Waals surface area contributed by atoms with E-state index in [1.165, 1.54) is 6.08 Å². The van der Waals surface area contributed by atoms with Crippen molar-refractivity contribution in [1.82, 2.24) is 14.4 Å². The lowest BCUT2D eigenvalue weighted by atomic mass is 9.94. The van der Waals surface area contributed by atoms with Gasteiger partial charge in [-0.2, -0.15) is 0 Å². The Morgan fingerprint density at radius 1 is 1.06 bits per heavy atom. The normalized spacial score (nSPS) is 18.2. The highest BCUT2D eigenvalue weighted by atomic mass is 79.9. The molecule has 186 valence electrons. The fraction of sp³-hybridized carbons (Fsp3) is 0.321. The quantitative estimate of drug-likeness (QED) is 0.413. The SMILES string of the molecule is C=CC(=O)N1CC(CC(=O)Cn2cc(C(=O)N3CCOC(c4ccccc4)C3)c3cc(Br)ccc32)C1. The fourth-order valence-corrected chi connectivity index (χ4v) is 5.39. The molecule has 0 N–H and O–H groups in total. The zero-order valence-electron chi connectivity index (χ0n) is 19.9. The lowest BCUT2D eigenvalue weighted by molar-refractivity contribution is -0.134. The van der Waals surface area contributed by atoms with Gasteiger partial charge in [0, 0.05) is 53.5 Å². The van der Waals surface area contributed by atoms with Crippen LogP contribution in [0.15, 0.2) is 71.9 Å². The van der Waals surface area contributed by atoms with E-state index in [0.717, 1.165) is 20.9 Å². The van der Waals surface area contributed by atoms with E-state index in [1.807, 2.05) is 58.0 Å². The number of aromatic nitrogens is 1. The third-order valence-corrected chi connectivity index (χ3v) is 7.40. The van der Waals surface area contributed by atoms with Crippen molar-refractivity contribution in [2.75, 3.05) is 32.8 Å². The van der Waals surface area contributed by atoms with E-state index in [4.69, 9.17) is 4.74 Å². The number of halogens is 1. The molecule has 0 spiro atoms. The van der Waals surface area contributed by atoms with Crippen LogP contribution in [0.3, 0.4) is 0 Å². The van der Waals surface area contributed by atoms with E-state index in [9.17, 15) is 14.4 Å². The van der Waals surface area contributed by atoms with E-state index in [2.05, 4.69) is 22.5 Å². The number of morpholine rings is 1. The van der Waals surface area contributed by atoms with Crippen molar-refractivity contribution >= 4 is 44.4 Å². The highest BCUT2D eigenvalue weighted by Gasteiger charge is 2.31. The highest BCUT2D eigenvalue weighted by molar-refractivity contribution is 9.10. The maximum atomic E-state index is 13.7. The molecule has 5 rings (SSSR count). The standard InChI is InChI=1S/C28H28BrN3O4/c1-2-27(34)32-14-19(15-32)12-22(33)16-31-17-24(23-13-21(29)8-9-25(23)31)28(35)30-10-11-36-26(18-30)20-6-4-3-5-7-20/h2-9,13,17,19,26H,1,10-12,14-16,18H2. The number of fused-ring (bicyclic) bond motifs is 1. The van der Waals surface area contributed by atoms with Crippen molar-refractivity contribution < 1.29 is 19.1 Å². The number of hydrogen-bond donors (Lipinski definition) is 0. The summed E-state index contributed by atoms with van der Waals surface area (Å²) >= 11 is 3.52. The molecule has 0 radical (unpaired) electrons. The van der Waals surface area contributed by atoms with Crippen molar-refractivity contribution in [1.29, 1.82) is 0 Å². The fourth-order valence-electron chi connectivity index (χ4n) is 5.03. The van der Waals surface area contributed by atoms with Crippen LogP contribution < -0.4 is 0 Å². The number of carbonyl (C=O) groups is 3. The first-order valence-corrected chi connectivity index (χ1v) is 12.9. The minimum absolute atomic E-state index is 0.0638. The average Bonchev–Trinajstić information content (AvgIpc) is 3.22. The molecule has 1 unspecified atom stereocenters. The van der Waals surface area contributed by atoms with Crippen molar-refractivity contribution in [2.45, 2.75) is 19.1 Å². The number of ether oxygens (including phenoxy) is 1. The number of Topliss-reactive ketones (excluding diaryl/α,β-unsaturated/α-hetero) is 1. The van der Waals surface area contributed by atoms with Gasteiger partial charge in [0.15, 0.2) is 5.78 Å². The van der Waals surface area contributed by atoms with Crippen LogP contribution >= 0.6 is 15.9 Å². The Kier molecular flexibility index (Phi) is 7.07. The Balaban J connectivity index is 1.33. The van der Waals surface area contributed by atoms with Gasteiger partial charge in [-0.3, -0.25) is 14.4 Å². The first-order valence-electron chi connectivity index (χ1n) is 12.1. The Hall–Kier alpha value is -3.23. The third kappa shape index (κ3) is 5.01. The number of rotatable bonds is 7. The molecular weight excluding hydrogens is 522 g/mol. The number of nitrogens with zero attached hydrogens (tertiary/aromatic N) is 3. The van der Waals surface area contributed by atoms with Crippen molar-refractivity contribution in [2.24, 2.45) is 5.92 Å². The molecule has 36 heavy (non-hydrogen) atoms. The van der Waals surface area contributed by atoms with Gasteiger partial charge in [0.25, 0.3) is 5.91 Å². The van der Waals surface area contributed by atoms with Crippen molar-refractivity contribution in [3.05, 3.63) is 83.0 Å². The highest BCUT2D eigenvalue weighted by Crippen LogP contribution is 2.29. The molecule has 0 saturated carbocycles. The minimum Gasteiger partial charge on any atom is -0.370 e. The second-order valence-corrected chi connectivity index (χ2v) is 10.3. The van der Waals surface area contributed by atoms with E-state index in [0.29, 0.717) is 44.8 Å². The smallest absolute Gasteiger partial charge is 0.256 e. The van der Waals surface area contributed by atoms with Crippen LogP contribution in [0.1, 0.15) is 28.4 Å². The summed E-state index contributed by atoms with van der Waals surface area (Å²) in [6.45, 7) is 6.32. The molecule has 8 heteroatoms. The maximum Gasteiger partial charge on any atom is 0.256 e. The van der Waals surface area contributed by atoms with Crippen LogP contribution in [0.2, 0.25) is 0 Å². The van der Waals surface area contributed by atoms with Crippen LogP contribution in [-0.2, 0) is 20.9 Å². The van der Waals surface area contributed by atoms with E-state index < -0.39 is 0 Å². The lowest BCUT2D eigenvalue weighted by Crippen LogP contribution is -2.50. The van der Waals surface area contributed by atoms with Crippen LogP contribution in [0.5, 0.6) is 0 Å². The summed E-state index contributed by atoms with van der Waals surface area (Å²) < 4.78 is 8.69. The topological polar surface area (TPSA) is 71.9 Å². The average molecular weight is 550 g/mol. The summed E-state index contributed by atoms with van der Waals surface area (Å²) in [6, 6.07) is 15.7. The largest absolute Gasteiger partial charge is 0.370 e. The lowest BCUT2D eigenvalue weighted by Gasteiger charge is -2.38. The molecule has 2 amide bonds. The van der Waals surface area contributed by atoms with Crippen LogP contribution in [0.25, 0.3) is 10.9 Å². The summed E-state index contributed by atoms with van der Waals surface area (Å²) in [4.78, 5) is 41.7. The number of benzene rings is 2. The molecule has 2 saturated heterocycles. The molecular formula is C28H28BrN3O4. The van der Waals surface area contributed by atoms with E-state index >= 15 is 0 Å². The predicted octanol–water partition coefficient (Wildman–Crippen LogP) is 4.22. The Labute approximate surface area is 218 Å². The van der Waals surface area contributed by atoms with Gasteiger partial charge in [-0.05, 0) is 29.8 Å². The maximum absolute atomic E-state index is 13.7. The zero-order chi connectivity index (χ0) is 25.2. The van der Waals surface area contributed by atoms with E-state index in [1.54, 1.807) is 11.1 Å². The summed E-state index contributed by atoms with van der Waals surface area (Å²) in [5, 5.41) is 0.816. The number of amides is 2. The molecule has 3 aromatic rings. The molecule has 2 aromatic carbocycles. The summed E-state index contributed by atoms with van der Waals surface area (Å²) in [5.74, 6) is 0.0920. The predicted molar refractivity (Wildman–Crippen MR) is 141 cm³/mol. The van der Waals surface area contributed by atoms with Crippen molar-refractivity contribution in [3.63, 3.8) is 0 Å². The second kappa shape index (κ2) is 10.4. The number of hydrogen-bond acceptors (Lipinski definition) is 4. The van der Waals surface area contributed by atoms with Gasteiger partial charge in [-0.25, -0.2) is 0 Å². The first-order chi connectivity index (χ1) is 17.4. The third-order valence-electron chi connectivity index (χ3n) is 6.91.